The van der Waals surface area contributed by atoms with Crippen molar-refractivity contribution in [2.75, 3.05) is 32.3 Å². The molecule has 0 saturated carbocycles. The quantitative estimate of drug-likeness (QED) is 0.463. The van der Waals surface area contributed by atoms with Gasteiger partial charge in [-0.15, -0.1) is 11.3 Å². The van der Waals surface area contributed by atoms with Gasteiger partial charge in [0.25, 0.3) is 0 Å². The van der Waals surface area contributed by atoms with E-state index < -0.39 is 6.04 Å². The average molecular weight is 444 g/mol. The van der Waals surface area contributed by atoms with Crippen molar-refractivity contribution in [2.45, 2.75) is 19.4 Å². The summed E-state index contributed by atoms with van der Waals surface area (Å²) in [7, 11) is 3.21. The minimum atomic E-state index is -0.461. The van der Waals surface area contributed by atoms with Gasteiger partial charge in [-0.05, 0) is 55.0 Å². The highest BCUT2D eigenvalue weighted by atomic mass is 32.1. The number of thiazole rings is 1. The number of hydrogen-bond acceptors (Lipinski definition) is 6. The van der Waals surface area contributed by atoms with Crippen molar-refractivity contribution in [1.82, 2.24) is 10.3 Å². The molecule has 0 spiro atoms. The molecule has 0 aliphatic carbocycles. The minimum absolute atomic E-state index is 0.103. The summed E-state index contributed by atoms with van der Waals surface area (Å²) >= 11 is 1.44. The third-order valence-corrected chi connectivity index (χ3v) is 5.64. The first-order valence-corrected chi connectivity index (χ1v) is 10.9. The summed E-state index contributed by atoms with van der Waals surface area (Å²) in [6.45, 7) is 2.84. The summed E-state index contributed by atoms with van der Waals surface area (Å²) in [6, 6.07) is 13.3. The molecule has 1 N–H and O–H groups in total. The Morgan fingerprint density at radius 1 is 1.16 bits per heavy atom. The van der Waals surface area contributed by atoms with Crippen LogP contribution in [0.15, 0.2) is 53.9 Å². The van der Waals surface area contributed by atoms with E-state index in [4.69, 9.17) is 14.5 Å². The number of nitrogens with zero attached hydrogens (tertiary/aromatic N) is 2. The second-order valence-electron chi connectivity index (χ2n) is 6.80. The zero-order valence-corrected chi connectivity index (χ0v) is 18.6. The molecule has 3 rings (SSSR count). The average Bonchev–Trinajstić information content (AvgIpc) is 3.27. The number of methoxy groups -OCH3 is 2. The van der Waals surface area contributed by atoms with Crippen LogP contribution in [-0.2, 0) is 9.53 Å². The molecule has 31 heavy (non-hydrogen) atoms. The molecule has 1 atom stereocenters. The topological polar surface area (TPSA) is 63.7 Å². The van der Waals surface area contributed by atoms with Gasteiger partial charge in [0.05, 0.1) is 19.4 Å². The van der Waals surface area contributed by atoms with Crippen LogP contribution in [0.25, 0.3) is 11.3 Å². The number of hydrogen-bond donors (Lipinski definition) is 1. The molecule has 3 aromatic rings. The molecule has 0 bridgehead atoms. The minimum Gasteiger partial charge on any atom is -0.497 e. The highest BCUT2D eigenvalue weighted by Gasteiger charge is 2.28. The van der Waals surface area contributed by atoms with Crippen LogP contribution in [0.3, 0.4) is 0 Å². The van der Waals surface area contributed by atoms with E-state index in [0.717, 1.165) is 22.7 Å². The zero-order chi connectivity index (χ0) is 22.2. The normalized spacial score (nSPS) is 11.7. The first-order valence-electron chi connectivity index (χ1n) is 9.98. The largest absolute Gasteiger partial charge is 0.497 e. The fourth-order valence-electron chi connectivity index (χ4n) is 3.17. The summed E-state index contributed by atoms with van der Waals surface area (Å²) in [4.78, 5) is 19.7. The van der Waals surface area contributed by atoms with Gasteiger partial charge in [-0.1, -0.05) is 6.92 Å². The third kappa shape index (κ3) is 5.59. The number of ether oxygens (including phenoxy) is 2. The first kappa shape index (κ1) is 22.7. The summed E-state index contributed by atoms with van der Waals surface area (Å²) in [5, 5.41) is 5.52. The van der Waals surface area contributed by atoms with Crippen LogP contribution >= 0.6 is 11.3 Å². The second kappa shape index (κ2) is 10.9. The lowest BCUT2D eigenvalue weighted by molar-refractivity contribution is -0.122. The number of benzene rings is 2. The molecule has 164 valence electrons. The number of nitrogens with one attached hydrogen (secondary N) is 1. The van der Waals surface area contributed by atoms with Crippen LogP contribution < -0.4 is 15.0 Å². The van der Waals surface area contributed by atoms with Gasteiger partial charge in [0.15, 0.2) is 5.13 Å². The van der Waals surface area contributed by atoms with Crippen LogP contribution in [0, 0.1) is 5.82 Å². The zero-order valence-electron chi connectivity index (χ0n) is 17.8. The van der Waals surface area contributed by atoms with Crippen molar-refractivity contribution >= 4 is 28.1 Å². The van der Waals surface area contributed by atoms with E-state index >= 15 is 0 Å². The van der Waals surface area contributed by atoms with Crippen LogP contribution in [0.1, 0.15) is 13.3 Å². The highest BCUT2D eigenvalue weighted by Crippen LogP contribution is 2.35. The monoisotopic (exact) mass is 443 g/mol. The molecule has 0 unspecified atom stereocenters. The van der Waals surface area contributed by atoms with Gasteiger partial charge in [0.2, 0.25) is 5.91 Å². The van der Waals surface area contributed by atoms with Gasteiger partial charge >= 0.3 is 0 Å². The molecule has 1 heterocycles. The maximum Gasteiger partial charge on any atom is 0.243 e. The number of halogens is 1. The molecule has 0 aliphatic rings. The standard InChI is InChI=1S/C23H26FN3O3S/c1-4-21(22(28)25-13-14-29-2)27(18-9-11-19(30-3)12-10-18)23-26-20(15-31-23)16-5-7-17(24)8-6-16/h5-12,15,21H,4,13-14H2,1-3H3,(H,25,28)/t21-/m1/s1. The summed E-state index contributed by atoms with van der Waals surface area (Å²) < 4.78 is 23.6. The maximum atomic E-state index is 13.3. The molecular weight excluding hydrogens is 417 g/mol. The van der Waals surface area contributed by atoms with E-state index in [1.165, 1.54) is 23.5 Å². The van der Waals surface area contributed by atoms with Crippen LogP contribution in [0.4, 0.5) is 15.2 Å². The van der Waals surface area contributed by atoms with Crippen LogP contribution in [-0.4, -0.2) is 44.3 Å². The van der Waals surface area contributed by atoms with Gasteiger partial charge in [-0.2, -0.15) is 0 Å². The maximum absolute atomic E-state index is 13.3. The molecule has 0 saturated heterocycles. The fourth-order valence-corrected chi connectivity index (χ4v) is 4.08. The predicted octanol–water partition coefficient (Wildman–Crippen LogP) is 4.64. The van der Waals surface area contributed by atoms with Gasteiger partial charge in [-0.25, -0.2) is 9.37 Å². The van der Waals surface area contributed by atoms with Crippen molar-refractivity contribution in [1.29, 1.82) is 0 Å². The van der Waals surface area contributed by atoms with Gasteiger partial charge in [0.1, 0.15) is 17.6 Å². The fraction of sp³-hybridized carbons (Fsp3) is 0.304. The number of amides is 1. The lowest BCUT2D eigenvalue weighted by Crippen LogP contribution is -2.45. The Morgan fingerprint density at radius 2 is 1.87 bits per heavy atom. The molecular formula is C23H26FN3O3S. The predicted molar refractivity (Wildman–Crippen MR) is 122 cm³/mol. The highest BCUT2D eigenvalue weighted by molar-refractivity contribution is 7.14. The molecule has 0 aliphatic heterocycles. The van der Waals surface area contributed by atoms with E-state index in [-0.39, 0.29) is 11.7 Å². The first-order chi connectivity index (χ1) is 15.1. The van der Waals surface area contributed by atoms with Crippen LogP contribution in [0.5, 0.6) is 5.75 Å². The van der Waals surface area contributed by atoms with Gasteiger partial charge in [0, 0.05) is 30.3 Å². The molecule has 6 nitrogen and oxygen atoms in total. The SMILES string of the molecule is CC[C@H](C(=O)NCCOC)N(c1ccc(OC)cc1)c1nc(-c2ccc(F)cc2)cs1. The summed E-state index contributed by atoms with van der Waals surface area (Å²) in [5.41, 5.74) is 2.37. The Balaban J connectivity index is 1.96. The summed E-state index contributed by atoms with van der Waals surface area (Å²) in [6.07, 6.45) is 0.580. The molecule has 0 fully saturated rings. The van der Waals surface area contributed by atoms with Crippen molar-refractivity contribution in [3.8, 4) is 17.0 Å². The van der Waals surface area contributed by atoms with Crippen LogP contribution in [0.2, 0.25) is 0 Å². The Bertz CT molecular complexity index is 976. The van der Waals surface area contributed by atoms with E-state index in [0.29, 0.717) is 24.7 Å². The van der Waals surface area contributed by atoms with E-state index in [1.54, 1.807) is 26.4 Å². The lowest BCUT2D eigenvalue weighted by atomic mass is 10.1. The van der Waals surface area contributed by atoms with Crippen molar-refractivity contribution in [3.05, 3.63) is 59.7 Å². The number of aromatic nitrogens is 1. The van der Waals surface area contributed by atoms with Gasteiger partial charge < -0.3 is 19.7 Å². The lowest BCUT2D eigenvalue weighted by Gasteiger charge is -2.30. The third-order valence-electron chi connectivity index (χ3n) is 4.80. The Kier molecular flexibility index (Phi) is 7.97. The Morgan fingerprint density at radius 3 is 2.48 bits per heavy atom. The second-order valence-corrected chi connectivity index (χ2v) is 7.63. The molecule has 0 radical (unpaired) electrons. The Hall–Kier alpha value is -2.97. The molecule has 8 heteroatoms. The van der Waals surface area contributed by atoms with E-state index in [2.05, 4.69) is 5.32 Å². The smallest absolute Gasteiger partial charge is 0.243 e. The summed E-state index contributed by atoms with van der Waals surface area (Å²) in [5.74, 6) is 0.333. The number of carbonyl (C=O) groups excluding carboxylic acids is 1. The van der Waals surface area contributed by atoms with Gasteiger partial charge in [-0.3, -0.25) is 4.79 Å². The van der Waals surface area contributed by atoms with Crippen molar-refractivity contribution in [3.63, 3.8) is 0 Å². The van der Waals surface area contributed by atoms with Crippen molar-refractivity contribution < 1.29 is 18.7 Å². The number of carbonyl (C=O) groups is 1. The molecule has 1 aromatic heterocycles. The van der Waals surface area contributed by atoms with Crippen molar-refractivity contribution in [2.24, 2.45) is 0 Å². The number of anilines is 2. The number of rotatable bonds is 10. The van der Waals surface area contributed by atoms with E-state index in [9.17, 15) is 9.18 Å². The molecule has 1 amide bonds. The van der Waals surface area contributed by atoms with E-state index in [1.807, 2.05) is 41.5 Å². The molecule has 2 aromatic carbocycles. The Labute approximate surface area is 185 Å².